The average molecular weight is 324 g/mol. The van der Waals surface area contributed by atoms with Crippen LogP contribution in [0.2, 0.25) is 0 Å². The van der Waals surface area contributed by atoms with E-state index in [1.165, 1.54) is 0 Å². The van der Waals surface area contributed by atoms with Crippen molar-refractivity contribution < 1.29 is 4.52 Å². The van der Waals surface area contributed by atoms with Crippen LogP contribution in [0, 0.1) is 5.92 Å². The third-order valence-corrected chi connectivity index (χ3v) is 3.27. The summed E-state index contributed by atoms with van der Waals surface area (Å²) in [5, 5.41) is 3.99. The van der Waals surface area contributed by atoms with Crippen molar-refractivity contribution in [2.75, 3.05) is 0 Å². The predicted molar refractivity (Wildman–Crippen MR) is 77.6 cm³/mol. The molecule has 0 amide bonds. The van der Waals surface area contributed by atoms with Crippen molar-refractivity contribution in [2.45, 2.75) is 32.7 Å². The van der Waals surface area contributed by atoms with Gasteiger partial charge in [0, 0.05) is 10.9 Å². The molecule has 2 aromatic rings. The van der Waals surface area contributed by atoms with E-state index in [4.69, 9.17) is 10.3 Å². The molecule has 1 aromatic heterocycles. The summed E-state index contributed by atoms with van der Waals surface area (Å²) in [4.78, 5) is 4.37. The van der Waals surface area contributed by atoms with Crippen LogP contribution in [0.5, 0.6) is 0 Å². The van der Waals surface area contributed by atoms with Crippen molar-refractivity contribution in [1.82, 2.24) is 10.1 Å². The molecule has 0 bridgehead atoms. The molecule has 0 aliphatic carbocycles. The summed E-state index contributed by atoms with van der Waals surface area (Å²) in [5.41, 5.74) is 7.16. The molecule has 19 heavy (non-hydrogen) atoms. The zero-order valence-corrected chi connectivity index (χ0v) is 12.7. The Bertz CT molecular complexity index is 539. The minimum atomic E-state index is -0.177. The first kappa shape index (κ1) is 14.2. The molecule has 1 aromatic carbocycles. The molecule has 2 rings (SSSR count). The van der Waals surface area contributed by atoms with Gasteiger partial charge in [0.15, 0.2) is 5.82 Å². The topological polar surface area (TPSA) is 64.9 Å². The van der Waals surface area contributed by atoms with Crippen LogP contribution >= 0.6 is 15.9 Å². The van der Waals surface area contributed by atoms with E-state index in [0.29, 0.717) is 24.1 Å². The van der Waals surface area contributed by atoms with Crippen molar-refractivity contribution in [3.8, 4) is 0 Å². The van der Waals surface area contributed by atoms with Gasteiger partial charge in [-0.25, -0.2) is 0 Å². The smallest absolute Gasteiger partial charge is 0.243 e. The number of nitrogens with zero attached hydrogens (tertiary/aromatic N) is 2. The second-order valence-electron chi connectivity index (χ2n) is 5.09. The number of aromatic nitrogens is 2. The van der Waals surface area contributed by atoms with Gasteiger partial charge in [-0.2, -0.15) is 4.98 Å². The normalized spacial score (nSPS) is 12.9. The van der Waals surface area contributed by atoms with Crippen LogP contribution in [0.3, 0.4) is 0 Å². The standard InChI is InChI=1S/C14H18BrN3O/c1-9(2)6-12(16)14-17-13(18-19-14)8-10-4-3-5-11(15)7-10/h3-5,7,9,12H,6,8,16H2,1-2H3/t12-/m1/s1. The molecule has 0 aliphatic rings. The average Bonchev–Trinajstić information content (AvgIpc) is 2.76. The first-order chi connectivity index (χ1) is 9.04. The molecular formula is C14H18BrN3O. The van der Waals surface area contributed by atoms with E-state index in [1.54, 1.807) is 0 Å². The maximum Gasteiger partial charge on any atom is 0.243 e. The number of halogens is 1. The van der Waals surface area contributed by atoms with Gasteiger partial charge < -0.3 is 10.3 Å². The molecule has 0 fully saturated rings. The molecule has 0 spiro atoms. The predicted octanol–water partition coefficient (Wildman–Crippen LogP) is 3.47. The summed E-state index contributed by atoms with van der Waals surface area (Å²) >= 11 is 3.45. The summed E-state index contributed by atoms with van der Waals surface area (Å²) in [6.07, 6.45) is 1.50. The maximum absolute atomic E-state index is 6.02. The summed E-state index contributed by atoms with van der Waals surface area (Å²) < 4.78 is 6.28. The summed E-state index contributed by atoms with van der Waals surface area (Å²) in [7, 11) is 0. The lowest BCUT2D eigenvalue weighted by Crippen LogP contribution is -2.13. The molecule has 2 N–H and O–H groups in total. The molecule has 0 saturated carbocycles. The van der Waals surface area contributed by atoms with Crippen LogP contribution in [0.4, 0.5) is 0 Å². The fraction of sp³-hybridized carbons (Fsp3) is 0.429. The lowest BCUT2D eigenvalue weighted by atomic mass is 10.0. The first-order valence-corrected chi connectivity index (χ1v) is 7.16. The molecule has 0 radical (unpaired) electrons. The molecule has 5 heteroatoms. The number of benzene rings is 1. The zero-order chi connectivity index (χ0) is 13.8. The van der Waals surface area contributed by atoms with E-state index in [0.717, 1.165) is 16.5 Å². The lowest BCUT2D eigenvalue weighted by molar-refractivity contribution is 0.333. The molecule has 4 nitrogen and oxygen atoms in total. The Labute approximate surface area is 121 Å². The van der Waals surface area contributed by atoms with Crippen molar-refractivity contribution >= 4 is 15.9 Å². The van der Waals surface area contributed by atoms with Gasteiger partial charge in [-0.15, -0.1) is 0 Å². The zero-order valence-electron chi connectivity index (χ0n) is 11.1. The van der Waals surface area contributed by atoms with E-state index in [2.05, 4.69) is 39.9 Å². The highest BCUT2D eigenvalue weighted by atomic mass is 79.9. The maximum atomic E-state index is 6.02. The Balaban J connectivity index is 2.05. The van der Waals surface area contributed by atoms with E-state index >= 15 is 0 Å². The minimum absolute atomic E-state index is 0.177. The van der Waals surface area contributed by atoms with E-state index in [9.17, 15) is 0 Å². The summed E-state index contributed by atoms with van der Waals surface area (Å²) in [6, 6.07) is 7.89. The van der Waals surface area contributed by atoms with Crippen molar-refractivity contribution in [1.29, 1.82) is 0 Å². The summed E-state index contributed by atoms with van der Waals surface area (Å²) in [5.74, 6) is 1.71. The lowest BCUT2D eigenvalue weighted by Gasteiger charge is -2.08. The number of rotatable bonds is 5. The second kappa shape index (κ2) is 6.30. The highest BCUT2D eigenvalue weighted by Crippen LogP contribution is 2.18. The second-order valence-corrected chi connectivity index (χ2v) is 6.01. The van der Waals surface area contributed by atoms with Crippen LogP contribution in [0.15, 0.2) is 33.3 Å². The highest BCUT2D eigenvalue weighted by molar-refractivity contribution is 9.10. The molecule has 102 valence electrons. The van der Waals surface area contributed by atoms with Gasteiger partial charge in [0.1, 0.15) is 0 Å². The molecule has 0 unspecified atom stereocenters. The van der Waals surface area contributed by atoms with E-state index in [-0.39, 0.29) is 6.04 Å². The van der Waals surface area contributed by atoms with Gasteiger partial charge in [0.05, 0.1) is 6.04 Å². The number of hydrogen-bond donors (Lipinski definition) is 1. The summed E-state index contributed by atoms with van der Waals surface area (Å²) in [6.45, 7) is 4.25. The van der Waals surface area contributed by atoms with Crippen molar-refractivity contribution in [3.63, 3.8) is 0 Å². The quantitative estimate of drug-likeness (QED) is 0.914. The first-order valence-electron chi connectivity index (χ1n) is 6.37. The van der Waals surface area contributed by atoms with Gasteiger partial charge >= 0.3 is 0 Å². The van der Waals surface area contributed by atoms with Crippen LogP contribution in [0.25, 0.3) is 0 Å². The Morgan fingerprint density at radius 2 is 2.16 bits per heavy atom. The van der Waals surface area contributed by atoms with Gasteiger partial charge in [0.25, 0.3) is 0 Å². The van der Waals surface area contributed by atoms with Gasteiger partial charge in [-0.1, -0.05) is 47.1 Å². The molecule has 1 heterocycles. The van der Waals surface area contributed by atoms with Crippen LogP contribution in [0.1, 0.15) is 43.6 Å². The van der Waals surface area contributed by atoms with E-state index < -0.39 is 0 Å². The number of hydrogen-bond acceptors (Lipinski definition) is 4. The fourth-order valence-corrected chi connectivity index (χ4v) is 2.37. The van der Waals surface area contributed by atoms with Crippen LogP contribution < -0.4 is 5.73 Å². The largest absolute Gasteiger partial charge is 0.338 e. The fourth-order valence-electron chi connectivity index (χ4n) is 1.93. The molecule has 1 atom stereocenters. The monoisotopic (exact) mass is 323 g/mol. The molecule has 0 saturated heterocycles. The van der Waals surface area contributed by atoms with Crippen molar-refractivity contribution in [2.24, 2.45) is 11.7 Å². The Hall–Kier alpha value is -1.20. The minimum Gasteiger partial charge on any atom is -0.338 e. The highest BCUT2D eigenvalue weighted by Gasteiger charge is 2.16. The Kier molecular flexibility index (Phi) is 4.71. The van der Waals surface area contributed by atoms with Gasteiger partial charge in [0.2, 0.25) is 5.89 Å². The Morgan fingerprint density at radius 1 is 1.37 bits per heavy atom. The third-order valence-electron chi connectivity index (χ3n) is 2.78. The van der Waals surface area contributed by atoms with Crippen LogP contribution in [-0.4, -0.2) is 10.1 Å². The number of nitrogens with two attached hydrogens (primary N) is 1. The van der Waals surface area contributed by atoms with Crippen molar-refractivity contribution in [3.05, 3.63) is 46.0 Å². The molecular weight excluding hydrogens is 306 g/mol. The SMILES string of the molecule is CC(C)C[C@@H](N)c1nc(Cc2cccc(Br)c2)no1. The van der Waals surface area contributed by atoms with Gasteiger partial charge in [-0.3, -0.25) is 0 Å². The molecule has 0 aliphatic heterocycles. The Morgan fingerprint density at radius 3 is 2.84 bits per heavy atom. The van der Waals surface area contributed by atoms with Gasteiger partial charge in [-0.05, 0) is 30.0 Å². The van der Waals surface area contributed by atoms with Crippen LogP contribution in [-0.2, 0) is 6.42 Å². The third kappa shape index (κ3) is 4.14. The van der Waals surface area contributed by atoms with E-state index in [1.807, 2.05) is 24.3 Å².